The van der Waals surface area contributed by atoms with Crippen molar-refractivity contribution in [2.24, 2.45) is 16.6 Å². The SMILES string of the molecule is C=C1N=C(N)C=CN1[C@@H]1O[C@](CCC(C)C)(COP(=O)(O)OP(=O)(O)OP(=O)(O)O)[C@@H](O)[C@H]1F. The lowest BCUT2D eigenvalue weighted by Crippen LogP contribution is -2.46. The average Bonchev–Trinajstić information content (AvgIpc) is 2.88. The van der Waals surface area contributed by atoms with Gasteiger partial charge in [0.1, 0.15) is 23.4 Å². The van der Waals surface area contributed by atoms with E-state index in [1.807, 2.05) is 13.8 Å². The van der Waals surface area contributed by atoms with Crippen molar-refractivity contribution in [2.45, 2.75) is 50.8 Å². The summed E-state index contributed by atoms with van der Waals surface area (Å²) in [6.07, 6.45) is -2.60. The minimum Gasteiger partial charge on any atom is -0.387 e. The quantitative estimate of drug-likeness (QED) is 0.198. The molecule has 0 bridgehead atoms. The molecule has 2 unspecified atom stereocenters. The molecule has 0 spiro atoms. The van der Waals surface area contributed by atoms with Crippen LogP contribution in [0.4, 0.5) is 4.39 Å². The number of alkyl halides is 1. The minimum atomic E-state index is -5.76. The Labute approximate surface area is 194 Å². The third-order valence-electron chi connectivity index (χ3n) is 4.74. The Balaban J connectivity index is 2.25. The van der Waals surface area contributed by atoms with Gasteiger partial charge in [-0.3, -0.25) is 4.52 Å². The fourth-order valence-corrected chi connectivity index (χ4v) is 6.25. The van der Waals surface area contributed by atoms with Gasteiger partial charge in [-0.25, -0.2) is 23.1 Å². The Bertz CT molecular complexity index is 987. The number of nitrogens with two attached hydrogens (primary N) is 1. The van der Waals surface area contributed by atoms with Crippen molar-refractivity contribution in [3.05, 3.63) is 24.7 Å². The zero-order chi connectivity index (χ0) is 26.1. The van der Waals surface area contributed by atoms with E-state index >= 15 is 4.39 Å². The highest BCUT2D eigenvalue weighted by atomic mass is 31.3. The third kappa shape index (κ3) is 7.76. The highest BCUT2D eigenvalue weighted by Gasteiger charge is 2.58. The predicted molar refractivity (Wildman–Crippen MR) is 114 cm³/mol. The molecular formula is C15H27FN3O12P3. The van der Waals surface area contributed by atoms with Crippen LogP contribution < -0.4 is 5.73 Å². The molecule has 2 rings (SSSR count). The lowest BCUT2D eigenvalue weighted by atomic mass is 9.88. The van der Waals surface area contributed by atoms with E-state index in [-0.39, 0.29) is 24.0 Å². The van der Waals surface area contributed by atoms with E-state index in [1.165, 1.54) is 12.3 Å². The molecule has 0 saturated carbocycles. The molecule has 1 fully saturated rings. The number of hydrogen-bond donors (Lipinski definition) is 6. The molecule has 0 aliphatic carbocycles. The Morgan fingerprint density at radius 3 is 2.41 bits per heavy atom. The van der Waals surface area contributed by atoms with Gasteiger partial charge in [0.15, 0.2) is 12.4 Å². The van der Waals surface area contributed by atoms with Gasteiger partial charge in [-0.1, -0.05) is 20.4 Å². The molecular weight excluding hydrogens is 526 g/mol. The van der Waals surface area contributed by atoms with Crippen molar-refractivity contribution in [1.82, 2.24) is 4.90 Å². The maximum Gasteiger partial charge on any atom is 0.490 e. The van der Waals surface area contributed by atoms with Crippen LogP contribution in [-0.4, -0.2) is 66.1 Å². The molecule has 0 aromatic heterocycles. The molecule has 0 aromatic rings. The predicted octanol–water partition coefficient (Wildman–Crippen LogP) is 1.22. The largest absolute Gasteiger partial charge is 0.490 e. The van der Waals surface area contributed by atoms with E-state index < -0.39 is 54.2 Å². The molecule has 7 N–H and O–H groups in total. The Kier molecular flexibility index (Phi) is 9.08. The minimum absolute atomic E-state index is 0.00704. The summed E-state index contributed by atoms with van der Waals surface area (Å²) < 4.78 is 67.4. The summed E-state index contributed by atoms with van der Waals surface area (Å²) in [6.45, 7) is 6.24. The first-order valence-electron chi connectivity index (χ1n) is 9.64. The number of hydrogen-bond acceptors (Lipinski definition) is 11. The maximum absolute atomic E-state index is 15.2. The van der Waals surface area contributed by atoms with Crippen LogP contribution >= 0.6 is 23.5 Å². The second kappa shape index (κ2) is 10.6. The van der Waals surface area contributed by atoms with E-state index in [0.717, 1.165) is 4.90 Å². The molecule has 0 radical (unpaired) electrons. The van der Waals surface area contributed by atoms with Gasteiger partial charge in [0.2, 0.25) is 0 Å². The summed E-state index contributed by atoms with van der Waals surface area (Å²) in [4.78, 5) is 41.3. The van der Waals surface area contributed by atoms with E-state index in [4.69, 9.17) is 20.3 Å². The number of aliphatic imine (C=N–C) groups is 1. The van der Waals surface area contributed by atoms with Gasteiger partial charge in [0.25, 0.3) is 0 Å². The number of aliphatic hydroxyl groups excluding tert-OH is 1. The molecule has 15 nitrogen and oxygen atoms in total. The zero-order valence-corrected chi connectivity index (χ0v) is 20.8. The Hall–Kier alpha value is -0.990. The molecule has 196 valence electrons. The standard InChI is InChI=1S/C15H27FN3O12P3/c1-9(2)4-6-15(8-28-33(24,25)31-34(26,27)30-32(21,22)23)13(20)12(16)14(29-15)19-7-5-11(17)18-10(19)3/h5,7,9,12-14,20H,3-4,6,8H2,1-2H3,(H2,17,18)(H,24,25)(H,26,27)(H2,21,22,23)/t12-,13+,14-,15-/m1/s1. The summed E-state index contributed by atoms with van der Waals surface area (Å²) in [5.74, 6) is 0.104. The van der Waals surface area contributed by atoms with Crippen LogP contribution in [0.2, 0.25) is 0 Å². The number of aliphatic hydroxyl groups is 1. The fourth-order valence-electron chi connectivity index (χ4n) is 3.18. The molecule has 2 aliphatic rings. The molecule has 2 heterocycles. The first kappa shape index (κ1) is 29.2. The van der Waals surface area contributed by atoms with E-state index in [9.17, 15) is 28.6 Å². The molecule has 0 amide bonds. The summed E-state index contributed by atoms with van der Waals surface area (Å²) in [6, 6.07) is 0. The number of phosphoric acid groups is 3. The topological polar surface area (TPSA) is 231 Å². The van der Waals surface area contributed by atoms with Crippen molar-refractivity contribution >= 4 is 29.3 Å². The van der Waals surface area contributed by atoms with Crippen LogP contribution in [0, 0.1) is 5.92 Å². The molecule has 19 heteroatoms. The summed E-state index contributed by atoms with van der Waals surface area (Å²) in [7, 11) is -16.9. The molecule has 34 heavy (non-hydrogen) atoms. The normalized spacial score (nSPS) is 31.4. The van der Waals surface area contributed by atoms with Crippen molar-refractivity contribution in [2.75, 3.05) is 6.61 Å². The fraction of sp³-hybridized carbons (Fsp3) is 0.667. The second-order valence-corrected chi connectivity index (χ2v) is 12.4. The first-order valence-corrected chi connectivity index (χ1v) is 14.2. The van der Waals surface area contributed by atoms with Gasteiger partial charge in [-0.05, 0) is 24.8 Å². The number of nitrogens with zero attached hydrogens (tertiary/aromatic N) is 2. The van der Waals surface area contributed by atoms with Gasteiger partial charge in [-0.15, -0.1) is 0 Å². The molecule has 0 aromatic carbocycles. The van der Waals surface area contributed by atoms with Crippen LogP contribution in [0.1, 0.15) is 26.7 Å². The average molecular weight is 553 g/mol. The van der Waals surface area contributed by atoms with Crippen molar-refractivity contribution in [3.8, 4) is 0 Å². The van der Waals surface area contributed by atoms with Gasteiger partial charge in [0.05, 0.1) is 6.61 Å². The van der Waals surface area contributed by atoms with E-state index in [0.29, 0.717) is 6.42 Å². The van der Waals surface area contributed by atoms with Crippen molar-refractivity contribution < 1.29 is 60.6 Å². The van der Waals surface area contributed by atoms with Gasteiger partial charge >= 0.3 is 23.5 Å². The Morgan fingerprint density at radius 2 is 1.88 bits per heavy atom. The van der Waals surface area contributed by atoms with Crippen LogP contribution in [0.25, 0.3) is 0 Å². The van der Waals surface area contributed by atoms with Crippen LogP contribution in [0.3, 0.4) is 0 Å². The number of phosphoric ester groups is 1. The smallest absolute Gasteiger partial charge is 0.387 e. The first-order chi connectivity index (χ1) is 15.4. The number of amidine groups is 1. The van der Waals surface area contributed by atoms with Crippen LogP contribution in [-0.2, 0) is 31.6 Å². The monoisotopic (exact) mass is 553 g/mol. The highest BCUT2D eigenvalue weighted by molar-refractivity contribution is 7.66. The van der Waals surface area contributed by atoms with Crippen LogP contribution in [0.15, 0.2) is 29.7 Å². The number of halogens is 1. The highest BCUT2D eigenvalue weighted by Crippen LogP contribution is 2.66. The van der Waals surface area contributed by atoms with Crippen molar-refractivity contribution in [1.29, 1.82) is 0 Å². The van der Waals surface area contributed by atoms with E-state index in [2.05, 4.69) is 24.7 Å². The molecule has 2 aliphatic heterocycles. The lowest BCUT2D eigenvalue weighted by Gasteiger charge is -2.34. The summed E-state index contributed by atoms with van der Waals surface area (Å²) in [5.41, 5.74) is 3.62. The molecule has 1 saturated heterocycles. The van der Waals surface area contributed by atoms with Gasteiger partial charge in [0, 0.05) is 6.20 Å². The van der Waals surface area contributed by atoms with Gasteiger partial charge < -0.3 is 40.1 Å². The molecule has 6 atom stereocenters. The zero-order valence-electron chi connectivity index (χ0n) is 18.1. The van der Waals surface area contributed by atoms with Gasteiger partial charge in [-0.2, -0.15) is 8.62 Å². The summed E-state index contributed by atoms with van der Waals surface area (Å²) >= 11 is 0. The number of ether oxygens (including phenoxy) is 1. The summed E-state index contributed by atoms with van der Waals surface area (Å²) in [5, 5.41) is 10.7. The van der Waals surface area contributed by atoms with Crippen LogP contribution in [0.5, 0.6) is 0 Å². The maximum atomic E-state index is 15.2. The number of rotatable bonds is 11. The van der Waals surface area contributed by atoms with Crippen molar-refractivity contribution in [3.63, 3.8) is 0 Å². The Morgan fingerprint density at radius 1 is 1.26 bits per heavy atom. The second-order valence-electron chi connectivity index (χ2n) is 7.94. The van der Waals surface area contributed by atoms with E-state index in [1.54, 1.807) is 0 Å². The third-order valence-corrected chi connectivity index (χ3v) is 8.52. The lowest BCUT2D eigenvalue weighted by molar-refractivity contribution is -0.137.